The van der Waals surface area contributed by atoms with Gasteiger partial charge in [0.2, 0.25) is 0 Å². The highest BCUT2D eigenvalue weighted by atomic mass is 16.5. The summed E-state index contributed by atoms with van der Waals surface area (Å²) < 4.78 is 21.7. The molecule has 2 N–H and O–H groups in total. The molecule has 0 aliphatic rings. The second kappa shape index (κ2) is 11.7. The molecule has 0 saturated carbocycles. The van der Waals surface area contributed by atoms with Gasteiger partial charge in [0.25, 0.3) is 0 Å². The first kappa shape index (κ1) is 22.2. The number of hydrogen-bond acceptors (Lipinski definition) is 5. The molecule has 0 aliphatic heterocycles. The van der Waals surface area contributed by atoms with Crippen LogP contribution < -0.4 is 29.6 Å². The maximum Gasteiger partial charge on any atom is 0.191 e. The maximum absolute atomic E-state index is 5.64. The van der Waals surface area contributed by atoms with Gasteiger partial charge in [-0.25, -0.2) is 4.99 Å². The van der Waals surface area contributed by atoms with Crippen LogP contribution in [-0.2, 0) is 13.1 Å². The molecule has 2 aromatic carbocycles. The number of benzene rings is 2. The van der Waals surface area contributed by atoms with Crippen LogP contribution in [0.25, 0.3) is 0 Å². The number of nitrogens with zero attached hydrogens (tertiary/aromatic N) is 1. The van der Waals surface area contributed by atoms with Crippen LogP contribution in [0.4, 0.5) is 0 Å². The molecule has 0 heterocycles. The fourth-order valence-electron chi connectivity index (χ4n) is 2.78. The van der Waals surface area contributed by atoms with Crippen LogP contribution >= 0.6 is 0 Å². The Bertz CT molecular complexity index is 809. The highest BCUT2D eigenvalue weighted by Gasteiger charge is 2.08. The summed E-state index contributed by atoms with van der Waals surface area (Å²) >= 11 is 0. The Morgan fingerprint density at radius 1 is 0.862 bits per heavy atom. The summed E-state index contributed by atoms with van der Waals surface area (Å²) in [6.07, 6.45) is 0. The van der Waals surface area contributed by atoms with Crippen molar-refractivity contribution >= 4 is 5.96 Å². The van der Waals surface area contributed by atoms with Gasteiger partial charge >= 0.3 is 0 Å². The normalized spacial score (nSPS) is 11.0. The lowest BCUT2D eigenvalue weighted by Gasteiger charge is -2.14. The first-order valence-electron chi connectivity index (χ1n) is 9.67. The minimum Gasteiger partial charge on any atom is -0.497 e. The van der Waals surface area contributed by atoms with Crippen LogP contribution in [0.1, 0.15) is 25.0 Å². The predicted octanol–water partition coefficient (Wildman–Crippen LogP) is 3.37. The van der Waals surface area contributed by atoms with Gasteiger partial charge in [-0.1, -0.05) is 6.07 Å². The standard InChI is InChI=1S/C22H31N3O4/c1-6-23-22(25-15-17-9-10-18(26-3)13-20(17)28-5)24-14-16-8-11-19(27-4)21(12-16)29-7-2/h8-13H,6-7,14-15H2,1-5H3,(H2,23,24,25). The van der Waals surface area contributed by atoms with Crippen LogP contribution in [0, 0.1) is 0 Å². The Labute approximate surface area is 173 Å². The van der Waals surface area contributed by atoms with E-state index in [1.165, 1.54) is 0 Å². The van der Waals surface area contributed by atoms with E-state index in [1.54, 1.807) is 21.3 Å². The van der Waals surface area contributed by atoms with Crippen LogP contribution in [0.5, 0.6) is 23.0 Å². The molecular weight excluding hydrogens is 370 g/mol. The van der Waals surface area contributed by atoms with E-state index in [2.05, 4.69) is 15.6 Å². The van der Waals surface area contributed by atoms with Gasteiger partial charge in [-0.05, 0) is 43.7 Å². The van der Waals surface area contributed by atoms with Crippen LogP contribution in [-0.4, -0.2) is 40.4 Å². The second-order valence-corrected chi connectivity index (χ2v) is 6.14. The van der Waals surface area contributed by atoms with Crippen molar-refractivity contribution in [3.05, 3.63) is 47.5 Å². The summed E-state index contributed by atoms with van der Waals surface area (Å²) in [6, 6.07) is 11.6. The first-order valence-corrected chi connectivity index (χ1v) is 9.67. The smallest absolute Gasteiger partial charge is 0.191 e. The van der Waals surface area contributed by atoms with E-state index in [1.807, 2.05) is 50.2 Å². The Morgan fingerprint density at radius 2 is 1.66 bits per heavy atom. The fourth-order valence-corrected chi connectivity index (χ4v) is 2.78. The Balaban J connectivity index is 2.09. The number of guanidine groups is 1. The van der Waals surface area contributed by atoms with Gasteiger partial charge in [-0.3, -0.25) is 0 Å². The van der Waals surface area contributed by atoms with Gasteiger partial charge in [0.1, 0.15) is 11.5 Å². The zero-order chi connectivity index (χ0) is 21.1. The van der Waals surface area contributed by atoms with Gasteiger partial charge in [0.15, 0.2) is 17.5 Å². The quantitative estimate of drug-likeness (QED) is 0.470. The lowest BCUT2D eigenvalue weighted by Crippen LogP contribution is -2.36. The van der Waals surface area contributed by atoms with Crippen LogP contribution in [0.15, 0.2) is 41.4 Å². The van der Waals surface area contributed by atoms with E-state index >= 15 is 0 Å². The monoisotopic (exact) mass is 401 g/mol. The SMILES string of the molecule is CCNC(=NCc1ccc(OC)c(OCC)c1)NCc1ccc(OC)cc1OC. The number of hydrogen-bond donors (Lipinski definition) is 2. The van der Waals surface area contributed by atoms with E-state index in [-0.39, 0.29) is 0 Å². The molecule has 7 heteroatoms. The van der Waals surface area contributed by atoms with Crippen LogP contribution in [0.3, 0.4) is 0 Å². The van der Waals surface area contributed by atoms with Crippen molar-refractivity contribution in [3.8, 4) is 23.0 Å². The summed E-state index contributed by atoms with van der Waals surface area (Å²) in [5, 5.41) is 6.61. The molecular formula is C22H31N3O4. The third-order valence-electron chi connectivity index (χ3n) is 4.23. The molecule has 0 aromatic heterocycles. The molecule has 7 nitrogen and oxygen atoms in total. The first-order chi connectivity index (χ1) is 14.1. The largest absolute Gasteiger partial charge is 0.497 e. The van der Waals surface area contributed by atoms with Crippen LogP contribution in [0.2, 0.25) is 0 Å². The summed E-state index contributed by atoms with van der Waals surface area (Å²) in [6.45, 7) is 6.41. The third-order valence-corrected chi connectivity index (χ3v) is 4.23. The van der Waals surface area contributed by atoms with Gasteiger partial charge in [-0.15, -0.1) is 0 Å². The fraction of sp³-hybridized carbons (Fsp3) is 0.409. The number of ether oxygens (including phenoxy) is 4. The molecule has 2 aromatic rings. The molecule has 0 atom stereocenters. The molecule has 0 aliphatic carbocycles. The summed E-state index contributed by atoms with van der Waals surface area (Å²) in [4.78, 5) is 4.68. The van der Waals surface area contributed by atoms with Gasteiger partial charge in [0, 0.05) is 24.7 Å². The van der Waals surface area contributed by atoms with Gasteiger partial charge < -0.3 is 29.6 Å². The van der Waals surface area contributed by atoms with E-state index in [0.29, 0.717) is 19.7 Å². The van der Waals surface area contributed by atoms with Crippen molar-refractivity contribution in [1.29, 1.82) is 0 Å². The van der Waals surface area contributed by atoms with Crippen molar-refractivity contribution in [2.24, 2.45) is 4.99 Å². The number of aliphatic imine (C=N–C) groups is 1. The molecule has 29 heavy (non-hydrogen) atoms. The van der Waals surface area contributed by atoms with Gasteiger partial charge in [0.05, 0.1) is 34.5 Å². The molecule has 0 spiro atoms. The molecule has 0 radical (unpaired) electrons. The lowest BCUT2D eigenvalue weighted by atomic mass is 10.2. The lowest BCUT2D eigenvalue weighted by molar-refractivity contribution is 0.310. The Morgan fingerprint density at radius 3 is 2.31 bits per heavy atom. The minimum atomic E-state index is 0.513. The molecule has 0 amide bonds. The average Bonchev–Trinajstić information content (AvgIpc) is 2.76. The average molecular weight is 402 g/mol. The molecule has 2 rings (SSSR count). The number of methoxy groups -OCH3 is 3. The predicted molar refractivity (Wildman–Crippen MR) is 115 cm³/mol. The van der Waals surface area contributed by atoms with E-state index in [4.69, 9.17) is 18.9 Å². The number of nitrogens with one attached hydrogen (secondary N) is 2. The zero-order valence-corrected chi connectivity index (χ0v) is 17.9. The van der Waals surface area contributed by atoms with E-state index in [0.717, 1.165) is 46.6 Å². The van der Waals surface area contributed by atoms with E-state index < -0.39 is 0 Å². The highest BCUT2D eigenvalue weighted by molar-refractivity contribution is 5.79. The summed E-state index contributed by atoms with van der Waals surface area (Å²) in [7, 11) is 4.92. The maximum atomic E-state index is 5.64. The Kier molecular flexibility index (Phi) is 8.95. The molecule has 158 valence electrons. The molecule has 0 unspecified atom stereocenters. The topological polar surface area (TPSA) is 73.3 Å². The number of rotatable bonds is 10. The Hall–Kier alpha value is -3.09. The van der Waals surface area contributed by atoms with E-state index in [9.17, 15) is 0 Å². The summed E-state index contributed by atoms with van der Waals surface area (Å²) in [5.74, 6) is 3.69. The van der Waals surface area contributed by atoms with Gasteiger partial charge in [-0.2, -0.15) is 0 Å². The minimum absolute atomic E-state index is 0.513. The molecule has 0 fully saturated rings. The van der Waals surface area contributed by atoms with Crippen molar-refractivity contribution in [2.45, 2.75) is 26.9 Å². The van der Waals surface area contributed by atoms with Crippen molar-refractivity contribution in [3.63, 3.8) is 0 Å². The molecule has 0 bridgehead atoms. The van der Waals surface area contributed by atoms with Crippen molar-refractivity contribution in [2.75, 3.05) is 34.5 Å². The third kappa shape index (κ3) is 6.48. The zero-order valence-electron chi connectivity index (χ0n) is 17.9. The second-order valence-electron chi connectivity index (χ2n) is 6.14. The van der Waals surface area contributed by atoms with Crippen molar-refractivity contribution < 1.29 is 18.9 Å². The van der Waals surface area contributed by atoms with Crippen molar-refractivity contribution in [1.82, 2.24) is 10.6 Å². The molecule has 0 saturated heterocycles. The highest BCUT2D eigenvalue weighted by Crippen LogP contribution is 2.28. The summed E-state index contributed by atoms with van der Waals surface area (Å²) in [5.41, 5.74) is 2.05.